The number of hydrogen-bond acceptors (Lipinski definition) is 8. The fourth-order valence-corrected chi connectivity index (χ4v) is 5.08. The summed E-state index contributed by atoms with van der Waals surface area (Å²) in [7, 11) is 0. The van der Waals surface area contributed by atoms with E-state index in [1.54, 1.807) is 24.7 Å². The van der Waals surface area contributed by atoms with Gasteiger partial charge in [0.1, 0.15) is 11.6 Å². The Bertz CT molecular complexity index is 1420. The maximum absolute atomic E-state index is 14.9. The highest BCUT2D eigenvalue weighted by atomic mass is 32.1. The van der Waals surface area contributed by atoms with Crippen molar-refractivity contribution in [2.45, 2.75) is 19.1 Å². The van der Waals surface area contributed by atoms with E-state index in [4.69, 9.17) is 10.5 Å². The van der Waals surface area contributed by atoms with Gasteiger partial charge < -0.3 is 15.6 Å². The lowest BCUT2D eigenvalue weighted by Crippen LogP contribution is -2.27. The molecule has 1 atom stereocenters. The summed E-state index contributed by atoms with van der Waals surface area (Å²) in [6.07, 6.45) is 5.21. The predicted octanol–water partition coefficient (Wildman–Crippen LogP) is 4.52. The summed E-state index contributed by atoms with van der Waals surface area (Å²) >= 11 is 1.28. The second kappa shape index (κ2) is 11.0. The molecule has 1 aliphatic heterocycles. The standard InChI is InChI=1S/C27H24FN5O3S/c28-19-4-3-6-23(34)26(19)22-13-21(18-12-17(14-30-15-18)16-36-11-9-29)32-33(22)27(35)25-8-7-24(37-25)20-5-1-2-10-31-20/h1-8,10,12,14-15,22,34H,9,11,13,16,29H2. The van der Waals surface area contributed by atoms with Crippen molar-refractivity contribution in [3.8, 4) is 16.3 Å². The van der Waals surface area contributed by atoms with Crippen LogP contribution >= 0.6 is 11.3 Å². The number of thiophene rings is 1. The summed E-state index contributed by atoms with van der Waals surface area (Å²) in [6, 6.07) is 14.2. The van der Waals surface area contributed by atoms with Crippen LogP contribution in [0.1, 0.15) is 38.8 Å². The molecular formula is C27H24FN5O3S. The Kier molecular flexibility index (Phi) is 7.31. The molecule has 0 fully saturated rings. The van der Waals surface area contributed by atoms with Gasteiger partial charge in [-0.05, 0) is 48.0 Å². The van der Waals surface area contributed by atoms with E-state index < -0.39 is 17.8 Å². The molecule has 0 aliphatic carbocycles. The van der Waals surface area contributed by atoms with E-state index in [0.29, 0.717) is 35.9 Å². The van der Waals surface area contributed by atoms with Crippen LogP contribution in [0.3, 0.4) is 0 Å². The van der Waals surface area contributed by atoms with Crippen LogP contribution in [-0.4, -0.2) is 44.9 Å². The number of halogens is 1. The van der Waals surface area contributed by atoms with E-state index in [0.717, 1.165) is 16.1 Å². The number of rotatable bonds is 8. The van der Waals surface area contributed by atoms with Crippen LogP contribution in [0.25, 0.3) is 10.6 Å². The number of carbonyl (C=O) groups is 1. The molecule has 5 rings (SSSR count). The maximum Gasteiger partial charge on any atom is 0.284 e. The lowest BCUT2D eigenvalue weighted by Gasteiger charge is -2.22. The van der Waals surface area contributed by atoms with Gasteiger partial charge in [0.15, 0.2) is 0 Å². The Hall–Kier alpha value is -3.99. The van der Waals surface area contributed by atoms with Gasteiger partial charge in [-0.1, -0.05) is 12.1 Å². The minimum absolute atomic E-state index is 0.0199. The zero-order valence-electron chi connectivity index (χ0n) is 19.8. The first-order chi connectivity index (χ1) is 18.0. The quantitative estimate of drug-likeness (QED) is 0.332. The highest BCUT2D eigenvalue weighted by Gasteiger charge is 2.37. The zero-order chi connectivity index (χ0) is 25.8. The predicted molar refractivity (Wildman–Crippen MR) is 139 cm³/mol. The van der Waals surface area contributed by atoms with E-state index in [9.17, 15) is 14.3 Å². The number of aromatic hydroxyl groups is 1. The average Bonchev–Trinajstić information content (AvgIpc) is 3.58. The minimum atomic E-state index is -0.832. The first-order valence-electron chi connectivity index (χ1n) is 11.7. The largest absolute Gasteiger partial charge is 0.507 e. The number of hydrogen-bond donors (Lipinski definition) is 2. The maximum atomic E-state index is 14.9. The molecule has 4 aromatic rings. The van der Waals surface area contributed by atoms with E-state index >= 15 is 0 Å². The summed E-state index contributed by atoms with van der Waals surface area (Å²) in [5.41, 5.74) is 8.32. The summed E-state index contributed by atoms with van der Waals surface area (Å²) in [5.74, 6) is -1.24. The van der Waals surface area contributed by atoms with Crippen molar-refractivity contribution in [1.29, 1.82) is 0 Å². The SMILES string of the molecule is NCCOCc1cncc(C2=NN(C(=O)c3ccc(-c4ccccn4)s3)C(c3c(O)cccc3F)C2)c1. The van der Waals surface area contributed by atoms with Crippen molar-refractivity contribution >= 4 is 23.0 Å². The van der Waals surface area contributed by atoms with Crippen molar-refractivity contribution in [2.24, 2.45) is 10.8 Å². The van der Waals surface area contributed by atoms with Gasteiger partial charge in [-0.15, -0.1) is 11.3 Å². The number of ether oxygens (including phenoxy) is 1. The van der Waals surface area contributed by atoms with Gasteiger partial charge in [0, 0.05) is 37.1 Å². The molecule has 8 nitrogen and oxygen atoms in total. The molecule has 188 valence electrons. The number of pyridine rings is 2. The Balaban J connectivity index is 1.50. The van der Waals surface area contributed by atoms with Crippen LogP contribution in [0.2, 0.25) is 0 Å². The molecule has 1 unspecified atom stereocenters. The third-order valence-corrected chi connectivity index (χ3v) is 6.97. The van der Waals surface area contributed by atoms with Gasteiger partial charge in [0.2, 0.25) is 0 Å². The molecule has 4 heterocycles. The van der Waals surface area contributed by atoms with Gasteiger partial charge in [-0.25, -0.2) is 9.40 Å². The number of nitrogens with zero attached hydrogens (tertiary/aromatic N) is 4. The fraction of sp³-hybridized carbons (Fsp3) is 0.185. The normalized spacial score (nSPS) is 15.1. The second-order valence-electron chi connectivity index (χ2n) is 8.39. The lowest BCUT2D eigenvalue weighted by molar-refractivity contribution is 0.0712. The number of benzene rings is 1. The zero-order valence-corrected chi connectivity index (χ0v) is 20.6. The number of phenolic OH excluding ortho intramolecular Hbond substituents is 1. The van der Waals surface area contributed by atoms with Crippen molar-refractivity contribution in [1.82, 2.24) is 15.0 Å². The molecule has 0 bridgehead atoms. The van der Waals surface area contributed by atoms with E-state index in [1.807, 2.05) is 30.3 Å². The monoisotopic (exact) mass is 517 g/mol. The van der Waals surface area contributed by atoms with Crippen LogP contribution in [0.5, 0.6) is 5.75 Å². The molecule has 0 saturated carbocycles. The van der Waals surface area contributed by atoms with Crippen molar-refractivity contribution < 1.29 is 19.0 Å². The molecule has 1 aromatic carbocycles. The van der Waals surface area contributed by atoms with Crippen LogP contribution in [0, 0.1) is 5.82 Å². The van der Waals surface area contributed by atoms with Crippen LogP contribution in [0.4, 0.5) is 4.39 Å². The van der Waals surface area contributed by atoms with Crippen LogP contribution in [-0.2, 0) is 11.3 Å². The third kappa shape index (κ3) is 5.26. The lowest BCUT2D eigenvalue weighted by atomic mass is 9.97. The van der Waals surface area contributed by atoms with E-state index in [2.05, 4.69) is 15.1 Å². The fourth-order valence-electron chi connectivity index (χ4n) is 4.16. The molecule has 1 aliphatic rings. The van der Waals surface area contributed by atoms with Gasteiger partial charge >= 0.3 is 0 Å². The number of carbonyl (C=O) groups excluding carboxylic acids is 1. The summed E-state index contributed by atoms with van der Waals surface area (Å²) in [5, 5.41) is 16.4. The summed E-state index contributed by atoms with van der Waals surface area (Å²) in [4.78, 5) is 23.5. The van der Waals surface area contributed by atoms with Crippen molar-refractivity contribution in [3.63, 3.8) is 0 Å². The molecule has 0 saturated heterocycles. The number of amides is 1. The number of aromatic nitrogens is 2. The van der Waals surface area contributed by atoms with Crippen molar-refractivity contribution in [2.75, 3.05) is 13.2 Å². The smallest absolute Gasteiger partial charge is 0.284 e. The first-order valence-corrected chi connectivity index (χ1v) is 12.5. The molecule has 3 aromatic heterocycles. The number of phenols is 1. The van der Waals surface area contributed by atoms with Crippen LogP contribution in [0.15, 0.2) is 78.3 Å². The molecule has 0 radical (unpaired) electrons. The topological polar surface area (TPSA) is 114 Å². The second-order valence-corrected chi connectivity index (χ2v) is 9.47. The number of nitrogens with two attached hydrogens (primary N) is 1. The molecule has 3 N–H and O–H groups in total. The number of hydrazone groups is 1. The van der Waals surface area contributed by atoms with Gasteiger partial charge in [0.25, 0.3) is 5.91 Å². The summed E-state index contributed by atoms with van der Waals surface area (Å²) < 4.78 is 20.4. The van der Waals surface area contributed by atoms with Gasteiger partial charge in [-0.2, -0.15) is 5.10 Å². The molecular weight excluding hydrogens is 493 g/mol. The van der Waals surface area contributed by atoms with E-state index in [1.165, 1.54) is 34.5 Å². The minimum Gasteiger partial charge on any atom is -0.507 e. The highest BCUT2D eigenvalue weighted by Crippen LogP contribution is 2.40. The van der Waals surface area contributed by atoms with Crippen LogP contribution < -0.4 is 5.73 Å². The molecule has 0 spiro atoms. The molecule has 37 heavy (non-hydrogen) atoms. The van der Waals surface area contributed by atoms with Gasteiger partial charge in [-0.3, -0.25) is 14.8 Å². The third-order valence-electron chi connectivity index (χ3n) is 5.87. The first kappa shape index (κ1) is 24.7. The molecule has 1 amide bonds. The Labute approximate surface area is 216 Å². The van der Waals surface area contributed by atoms with Crippen molar-refractivity contribution in [3.05, 3.63) is 101 Å². The average molecular weight is 518 g/mol. The molecule has 10 heteroatoms. The Morgan fingerprint density at radius 2 is 2.08 bits per heavy atom. The van der Waals surface area contributed by atoms with Gasteiger partial charge in [0.05, 0.1) is 46.0 Å². The highest BCUT2D eigenvalue weighted by molar-refractivity contribution is 7.17. The Morgan fingerprint density at radius 3 is 2.86 bits per heavy atom. The van der Waals surface area contributed by atoms with E-state index in [-0.39, 0.29) is 17.7 Å². The summed E-state index contributed by atoms with van der Waals surface area (Å²) in [6.45, 7) is 1.16. The Morgan fingerprint density at radius 1 is 1.19 bits per heavy atom.